The molecule has 27 heavy (non-hydrogen) atoms. The fraction of sp³-hybridized carbons (Fsp3) is 0.381. The summed E-state index contributed by atoms with van der Waals surface area (Å²) in [6.45, 7) is 3.42. The quantitative estimate of drug-likeness (QED) is 0.852. The van der Waals surface area contributed by atoms with Gasteiger partial charge >= 0.3 is 0 Å². The first-order valence-electron chi connectivity index (χ1n) is 9.31. The molecule has 6 nitrogen and oxygen atoms in total. The van der Waals surface area contributed by atoms with Crippen LogP contribution in [-0.2, 0) is 9.59 Å². The van der Waals surface area contributed by atoms with Crippen LogP contribution < -0.4 is 10.1 Å². The highest BCUT2D eigenvalue weighted by molar-refractivity contribution is 5.92. The molecular weight excluding hydrogens is 342 g/mol. The Balaban J connectivity index is 1.47. The minimum Gasteiger partial charge on any atom is -0.493 e. The van der Waals surface area contributed by atoms with E-state index in [4.69, 9.17) is 4.74 Å². The van der Waals surface area contributed by atoms with Crippen LogP contribution in [0, 0.1) is 12.8 Å². The molecule has 0 spiro atoms. The standard InChI is InChI=1S/C21H25N3O3/c1-16-9-10-19(22-14-16)23-21(26)17-6-5-12-24(15-17)20(25)11-13-27-18-7-3-2-4-8-18/h2-4,7-10,14,17H,5-6,11-13,15H2,1H3,(H,22,23,26). The van der Waals surface area contributed by atoms with Crippen LogP contribution in [-0.4, -0.2) is 41.4 Å². The van der Waals surface area contributed by atoms with Gasteiger partial charge in [-0.05, 0) is 43.5 Å². The van der Waals surface area contributed by atoms with Crippen LogP contribution in [0.4, 0.5) is 5.82 Å². The highest BCUT2D eigenvalue weighted by Gasteiger charge is 2.28. The van der Waals surface area contributed by atoms with Gasteiger partial charge in [0.2, 0.25) is 11.8 Å². The van der Waals surface area contributed by atoms with Crippen molar-refractivity contribution in [3.63, 3.8) is 0 Å². The number of carbonyl (C=O) groups excluding carboxylic acids is 2. The van der Waals surface area contributed by atoms with Crippen molar-refractivity contribution in [3.05, 3.63) is 54.2 Å². The third kappa shape index (κ3) is 5.54. The number of amides is 2. The van der Waals surface area contributed by atoms with Crippen LogP contribution in [0.15, 0.2) is 48.7 Å². The zero-order chi connectivity index (χ0) is 19.1. The van der Waals surface area contributed by atoms with Crippen LogP contribution in [0.2, 0.25) is 0 Å². The minimum absolute atomic E-state index is 0.0249. The van der Waals surface area contributed by atoms with Gasteiger partial charge in [-0.3, -0.25) is 9.59 Å². The number of carbonyl (C=O) groups is 2. The van der Waals surface area contributed by atoms with E-state index < -0.39 is 0 Å². The third-order valence-electron chi connectivity index (χ3n) is 4.64. The summed E-state index contributed by atoms with van der Waals surface area (Å²) >= 11 is 0. The van der Waals surface area contributed by atoms with E-state index in [1.165, 1.54) is 0 Å². The van der Waals surface area contributed by atoms with Crippen molar-refractivity contribution in [2.75, 3.05) is 25.0 Å². The number of likely N-dealkylation sites (tertiary alicyclic amines) is 1. The largest absolute Gasteiger partial charge is 0.493 e. The average Bonchev–Trinajstić information content (AvgIpc) is 2.70. The Labute approximate surface area is 159 Å². The lowest BCUT2D eigenvalue weighted by Gasteiger charge is -2.32. The predicted octanol–water partition coefficient (Wildman–Crippen LogP) is 3.04. The third-order valence-corrected chi connectivity index (χ3v) is 4.64. The molecule has 1 saturated heterocycles. The van der Waals surface area contributed by atoms with E-state index >= 15 is 0 Å². The number of hydrogen-bond donors (Lipinski definition) is 1. The highest BCUT2D eigenvalue weighted by Crippen LogP contribution is 2.19. The normalized spacial score (nSPS) is 16.6. The maximum absolute atomic E-state index is 12.5. The van der Waals surface area contributed by atoms with Gasteiger partial charge in [0.25, 0.3) is 0 Å². The number of anilines is 1. The van der Waals surface area contributed by atoms with Crippen molar-refractivity contribution >= 4 is 17.6 Å². The van der Waals surface area contributed by atoms with E-state index in [2.05, 4.69) is 10.3 Å². The average molecular weight is 367 g/mol. The molecule has 1 aromatic carbocycles. The second-order valence-electron chi connectivity index (χ2n) is 6.80. The number of para-hydroxylation sites is 1. The molecule has 0 bridgehead atoms. The summed E-state index contributed by atoms with van der Waals surface area (Å²) in [6, 6.07) is 13.1. The lowest BCUT2D eigenvalue weighted by atomic mass is 9.97. The summed E-state index contributed by atoms with van der Waals surface area (Å²) in [6.07, 6.45) is 3.63. The first-order valence-corrected chi connectivity index (χ1v) is 9.31. The van der Waals surface area contributed by atoms with Gasteiger partial charge in [0, 0.05) is 19.3 Å². The Kier molecular flexibility index (Phi) is 6.41. The molecule has 6 heteroatoms. The van der Waals surface area contributed by atoms with E-state index in [0.29, 0.717) is 31.9 Å². The number of nitrogens with zero attached hydrogens (tertiary/aromatic N) is 2. The minimum atomic E-state index is -0.208. The SMILES string of the molecule is Cc1ccc(NC(=O)C2CCCN(C(=O)CCOc3ccccc3)C2)nc1. The van der Waals surface area contributed by atoms with Crippen molar-refractivity contribution in [1.82, 2.24) is 9.88 Å². The maximum atomic E-state index is 12.5. The van der Waals surface area contributed by atoms with Gasteiger partial charge in [-0.25, -0.2) is 4.98 Å². The van der Waals surface area contributed by atoms with Crippen LogP contribution in [0.1, 0.15) is 24.8 Å². The maximum Gasteiger partial charge on any atom is 0.230 e. The van der Waals surface area contributed by atoms with Crippen molar-refractivity contribution in [3.8, 4) is 5.75 Å². The fourth-order valence-corrected chi connectivity index (χ4v) is 3.12. The van der Waals surface area contributed by atoms with Crippen LogP contribution in [0.3, 0.4) is 0 Å². The number of benzene rings is 1. The van der Waals surface area contributed by atoms with E-state index in [-0.39, 0.29) is 17.7 Å². The van der Waals surface area contributed by atoms with Gasteiger partial charge in [-0.2, -0.15) is 0 Å². The summed E-state index contributed by atoms with van der Waals surface area (Å²) in [5, 5.41) is 2.85. The Bertz CT molecular complexity index is 762. The first-order chi connectivity index (χ1) is 13.1. The number of hydrogen-bond acceptors (Lipinski definition) is 4. The van der Waals surface area contributed by atoms with Crippen LogP contribution >= 0.6 is 0 Å². The van der Waals surface area contributed by atoms with Crippen molar-refractivity contribution < 1.29 is 14.3 Å². The lowest BCUT2D eigenvalue weighted by molar-refractivity contribution is -0.135. The Morgan fingerprint density at radius 2 is 2.04 bits per heavy atom. The van der Waals surface area contributed by atoms with Gasteiger partial charge in [0.05, 0.1) is 18.9 Å². The molecule has 0 aliphatic carbocycles. The second-order valence-corrected chi connectivity index (χ2v) is 6.80. The predicted molar refractivity (Wildman–Crippen MR) is 103 cm³/mol. The molecule has 1 fully saturated rings. The number of nitrogens with one attached hydrogen (secondary N) is 1. The van der Waals surface area contributed by atoms with Gasteiger partial charge in [0.1, 0.15) is 11.6 Å². The monoisotopic (exact) mass is 367 g/mol. The zero-order valence-electron chi connectivity index (χ0n) is 15.6. The number of aryl methyl sites for hydroxylation is 1. The lowest BCUT2D eigenvalue weighted by Crippen LogP contribution is -2.44. The Morgan fingerprint density at radius 1 is 1.22 bits per heavy atom. The van der Waals surface area contributed by atoms with E-state index in [9.17, 15) is 9.59 Å². The second kappa shape index (κ2) is 9.16. The van der Waals surface area contributed by atoms with E-state index in [1.807, 2.05) is 43.3 Å². The topological polar surface area (TPSA) is 71.5 Å². The van der Waals surface area contributed by atoms with Crippen LogP contribution in [0.5, 0.6) is 5.75 Å². The first kappa shape index (κ1) is 18.9. The molecule has 1 aromatic heterocycles. The number of rotatable bonds is 6. The molecule has 0 radical (unpaired) electrons. The van der Waals surface area contributed by atoms with Gasteiger partial charge in [-0.15, -0.1) is 0 Å². The summed E-state index contributed by atoms with van der Waals surface area (Å²) < 4.78 is 5.60. The molecule has 142 valence electrons. The van der Waals surface area contributed by atoms with Gasteiger partial charge < -0.3 is 15.0 Å². The smallest absolute Gasteiger partial charge is 0.230 e. The Hall–Kier alpha value is -2.89. The number of ether oxygens (including phenoxy) is 1. The number of piperidine rings is 1. The van der Waals surface area contributed by atoms with E-state index in [1.54, 1.807) is 17.2 Å². The van der Waals surface area contributed by atoms with Crippen LogP contribution in [0.25, 0.3) is 0 Å². The molecule has 2 heterocycles. The van der Waals surface area contributed by atoms with Crippen molar-refractivity contribution in [2.45, 2.75) is 26.2 Å². The molecule has 2 amide bonds. The van der Waals surface area contributed by atoms with E-state index in [0.717, 1.165) is 24.2 Å². The molecule has 1 atom stereocenters. The molecule has 1 aliphatic rings. The summed E-state index contributed by atoms with van der Waals surface area (Å²) in [7, 11) is 0. The molecule has 1 N–H and O–H groups in total. The number of aromatic nitrogens is 1. The van der Waals surface area contributed by atoms with Gasteiger partial charge in [-0.1, -0.05) is 24.3 Å². The summed E-state index contributed by atoms with van der Waals surface area (Å²) in [4.78, 5) is 30.9. The molecule has 1 unspecified atom stereocenters. The van der Waals surface area contributed by atoms with Crippen molar-refractivity contribution in [1.29, 1.82) is 0 Å². The molecular formula is C21H25N3O3. The van der Waals surface area contributed by atoms with Gasteiger partial charge in [0.15, 0.2) is 0 Å². The molecule has 0 saturated carbocycles. The fourth-order valence-electron chi connectivity index (χ4n) is 3.12. The summed E-state index contributed by atoms with van der Waals surface area (Å²) in [5.74, 6) is 1.04. The molecule has 3 rings (SSSR count). The molecule has 1 aliphatic heterocycles. The zero-order valence-corrected chi connectivity index (χ0v) is 15.6. The molecule has 2 aromatic rings. The Morgan fingerprint density at radius 3 is 2.78 bits per heavy atom. The summed E-state index contributed by atoms with van der Waals surface area (Å²) in [5.41, 5.74) is 1.04. The highest BCUT2D eigenvalue weighted by atomic mass is 16.5. The number of pyridine rings is 1. The van der Waals surface area contributed by atoms with Crippen molar-refractivity contribution in [2.24, 2.45) is 5.92 Å².